The quantitative estimate of drug-likeness (QED) is 0.319. The Kier molecular flexibility index (Phi) is 9.39. The minimum absolute atomic E-state index is 0.0897. The molecule has 8 heteroatoms. The van der Waals surface area contributed by atoms with Crippen LogP contribution in [-0.2, 0) is 33.7 Å². The third-order valence-corrected chi connectivity index (χ3v) is 6.63. The van der Waals surface area contributed by atoms with E-state index in [4.69, 9.17) is 16.3 Å². The van der Waals surface area contributed by atoms with Gasteiger partial charge in [-0.05, 0) is 23.6 Å². The van der Waals surface area contributed by atoms with Gasteiger partial charge in [0.15, 0.2) is 5.16 Å². The van der Waals surface area contributed by atoms with Crippen molar-refractivity contribution in [3.63, 3.8) is 0 Å². The maximum absolute atomic E-state index is 12.9. The molecule has 3 rings (SSSR count). The van der Waals surface area contributed by atoms with E-state index in [1.807, 2.05) is 59.2 Å². The SMILES string of the molecule is CCCSc1ncc(CC(=O)N[C@@H](Cc2ccccc2)C(=O)OC)n1Cc1ccccc1Cl. The third-order valence-electron chi connectivity index (χ3n) is 5.07. The highest BCUT2D eigenvalue weighted by atomic mass is 35.5. The van der Waals surface area contributed by atoms with Crippen LogP contribution in [0.1, 0.15) is 30.2 Å². The summed E-state index contributed by atoms with van der Waals surface area (Å²) in [5.41, 5.74) is 2.65. The van der Waals surface area contributed by atoms with Gasteiger partial charge < -0.3 is 14.6 Å². The van der Waals surface area contributed by atoms with Crippen LogP contribution in [-0.4, -0.2) is 40.3 Å². The number of benzene rings is 2. The van der Waals surface area contributed by atoms with Gasteiger partial charge in [0.1, 0.15) is 6.04 Å². The predicted molar refractivity (Wildman–Crippen MR) is 132 cm³/mol. The summed E-state index contributed by atoms with van der Waals surface area (Å²) in [6.45, 7) is 2.63. The molecule has 0 bridgehead atoms. The van der Waals surface area contributed by atoms with Gasteiger partial charge >= 0.3 is 5.97 Å². The first-order chi connectivity index (χ1) is 16.0. The summed E-state index contributed by atoms with van der Waals surface area (Å²) >= 11 is 8.03. The standard InChI is InChI=1S/C25H28ClN3O3S/c1-3-13-33-25-27-16-20(29(25)17-19-11-7-8-12-21(19)26)15-23(30)28-22(24(31)32-2)14-18-9-5-4-6-10-18/h4-12,16,22H,3,13-15,17H2,1-2H3,(H,28,30)/t22-/m0/s1. The van der Waals surface area contributed by atoms with Crippen LogP contribution >= 0.6 is 23.4 Å². The molecule has 0 spiro atoms. The number of thioether (sulfide) groups is 1. The smallest absolute Gasteiger partial charge is 0.328 e. The van der Waals surface area contributed by atoms with Gasteiger partial charge in [-0.3, -0.25) is 4.79 Å². The van der Waals surface area contributed by atoms with Gasteiger partial charge in [-0.1, -0.05) is 78.8 Å². The minimum Gasteiger partial charge on any atom is -0.467 e. The summed E-state index contributed by atoms with van der Waals surface area (Å²) in [5, 5.41) is 4.34. The molecule has 6 nitrogen and oxygen atoms in total. The molecule has 174 valence electrons. The second-order valence-electron chi connectivity index (χ2n) is 7.57. The molecule has 0 aliphatic carbocycles. The fraction of sp³-hybridized carbons (Fsp3) is 0.320. The Morgan fingerprint density at radius 3 is 2.58 bits per heavy atom. The Balaban J connectivity index is 1.77. The number of amides is 1. The zero-order chi connectivity index (χ0) is 23.6. The summed E-state index contributed by atoms with van der Waals surface area (Å²) in [4.78, 5) is 29.8. The summed E-state index contributed by atoms with van der Waals surface area (Å²) in [6, 6.07) is 16.4. The average molecular weight is 486 g/mol. The first kappa shape index (κ1) is 24.9. The van der Waals surface area contributed by atoms with Crippen LogP contribution in [0.25, 0.3) is 0 Å². The van der Waals surface area contributed by atoms with Gasteiger partial charge in [-0.2, -0.15) is 0 Å². The van der Waals surface area contributed by atoms with Crippen molar-refractivity contribution in [1.82, 2.24) is 14.9 Å². The Bertz CT molecular complexity index is 1070. The number of hydrogen-bond acceptors (Lipinski definition) is 5. The highest BCUT2D eigenvalue weighted by molar-refractivity contribution is 7.99. The van der Waals surface area contributed by atoms with Crippen molar-refractivity contribution in [1.29, 1.82) is 0 Å². The van der Waals surface area contributed by atoms with E-state index in [2.05, 4.69) is 17.2 Å². The molecule has 1 N–H and O–H groups in total. The van der Waals surface area contributed by atoms with Crippen LogP contribution in [0, 0.1) is 0 Å². The summed E-state index contributed by atoms with van der Waals surface area (Å²) in [7, 11) is 1.32. The number of methoxy groups -OCH3 is 1. The van der Waals surface area contributed by atoms with Crippen molar-refractivity contribution in [2.75, 3.05) is 12.9 Å². The van der Waals surface area contributed by atoms with Gasteiger partial charge in [-0.25, -0.2) is 9.78 Å². The van der Waals surface area contributed by atoms with Gasteiger partial charge in [0.2, 0.25) is 5.91 Å². The van der Waals surface area contributed by atoms with Crippen molar-refractivity contribution < 1.29 is 14.3 Å². The number of halogens is 1. The first-order valence-electron chi connectivity index (χ1n) is 10.8. The van der Waals surface area contributed by atoms with Crippen molar-refractivity contribution in [3.05, 3.63) is 82.6 Å². The van der Waals surface area contributed by atoms with Gasteiger partial charge in [0.25, 0.3) is 0 Å². The number of rotatable bonds is 11. The lowest BCUT2D eigenvalue weighted by atomic mass is 10.1. The summed E-state index contributed by atoms with van der Waals surface area (Å²) in [5.74, 6) is 0.178. The second kappa shape index (κ2) is 12.5. The van der Waals surface area contributed by atoms with Crippen LogP contribution in [0.15, 0.2) is 66.0 Å². The van der Waals surface area contributed by atoms with Crippen molar-refractivity contribution in [2.45, 2.75) is 43.9 Å². The molecule has 0 saturated heterocycles. The molecule has 0 fully saturated rings. The second-order valence-corrected chi connectivity index (χ2v) is 9.04. The number of carbonyl (C=O) groups excluding carboxylic acids is 2. The van der Waals surface area contributed by atoms with E-state index in [-0.39, 0.29) is 12.3 Å². The van der Waals surface area contributed by atoms with Crippen LogP contribution in [0.4, 0.5) is 0 Å². The number of carbonyl (C=O) groups is 2. The van der Waals surface area contributed by atoms with Crippen molar-refractivity contribution in [2.24, 2.45) is 0 Å². The maximum Gasteiger partial charge on any atom is 0.328 e. The van der Waals surface area contributed by atoms with E-state index in [1.165, 1.54) is 7.11 Å². The van der Waals surface area contributed by atoms with Crippen molar-refractivity contribution >= 4 is 35.2 Å². The predicted octanol–water partition coefficient (Wildman–Crippen LogP) is 4.53. The molecule has 1 heterocycles. The Labute approximate surface area is 203 Å². The molecule has 0 unspecified atom stereocenters. The lowest BCUT2D eigenvalue weighted by Gasteiger charge is -2.17. The molecule has 0 aliphatic rings. The number of ether oxygens (including phenoxy) is 1. The molecule has 1 atom stereocenters. The number of imidazole rings is 1. The number of hydrogen-bond donors (Lipinski definition) is 1. The van der Waals surface area contributed by atoms with Gasteiger partial charge in [-0.15, -0.1) is 0 Å². The Morgan fingerprint density at radius 1 is 1.15 bits per heavy atom. The van der Waals surface area contributed by atoms with E-state index >= 15 is 0 Å². The zero-order valence-electron chi connectivity index (χ0n) is 18.8. The fourth-order valence-electron chi connectivity index (χ4n) is 3.40. The monoisotopic (exact) mass is 485 g/mol. The fourth-order valence-corrected chi connectivity index (χ4v) is 4.45. The molecule has 3 aromatic rings. The lowest BCUT2D eigenvalue weighted by molar-refractivity contribution is -0.145. The molecule has 2 aromatic carbocycles. The summed E-state index contributed by atoms with van der Waals surface area (Å²) < 4.78 is 6.93. The van der Waals surface area contributed by atoms with Crippen LogP contribution in [0.2, 0.25) is 5.02 Å². The Morgan fingerprint density at radius 2 is 1.88 bits per heavy atom. The zero-order valence-corrected chi connectivity index (χ0v) is 20.4. The molecular formula is C25H28ClN3O3S. The van der Waals surface area contributed by atoms with Crippen LogP contribution in [0.5, 0.6) is 0 Å². The molecule has 0 saturated carbocycles. The largest absolute Gasteiger partial charge is 0.467 e. The number of nitrogens with zero attached hydrogens (tertiary/aromatic N) is 2. The van der Waals surface area contributed by atoms with Crippen LogP contribution in [0.3, 0.4) is 0 Å². The van der Waals surface area contributed by atoms with E-state index in [9.17, 15) is 9.59 Å². The highest BCUT2D eigenvalue weighted by Crippen LogP contribution is 2.24. The minimum atomic E-state index is -0.765. The molecular weight excluding hydrogens is 458 g/mol. The number of esters is 1. The average Bonchev–Trinajstić information content (AvgIpc) is 3.19. The molecule has 0 aliphatic heterocycles. The molecule has 0 radical (unpaired) electrons. The van der Waals surface area contributed by atoms with E-state index < -0.39 is 12.0 Å². The summed E-state index contributed by atoms with van der Waals surface area (Å²) in [6.07, 6.45) is 3.18. The van der Waals surface area contributed by atoms with Crippen molar-refractivity contribution in [3.8, 4) is 0 Å². The van der Waals surface area contributed by atoms with Crippen LogP contribution < -0.4 is 5.32 Å². The van der Waals surface area contributed by atoms with E-state index in [0.29, 0.717) is 18.0 Å². The van der Waals surface area contributed by atoms with Gasteiger partial charge in [0.05, 0.1) is 20.1 Å². The number of aromatic nitrogens is 2. The van der Waals surface area contributed by atoms with Gasteiger partial charge in [0, 0.05) is 29.1 Å². The first-order valence-corrected chi connectivity index (χ1v) is 12.2. The maximum atomic E-state index is 12.9. The third kappa shape index (κ3) is 7.11. The normalized spacial score (nSPS) is 11.7. The van der Waals surface area contributed by atoms with E-state index in [1.54, 1.807) is 18.0 Å². The Hall–Kier alpha value is -2.77. The lowest BCUT2D eigenvalue weighted by Crippen LogP contribution is -2.43. The molecule has 33 heavy (non-hydrogen) atoms. The number of nitrogens with one attached hydrogen (secondary N) is 1. The topological polar surface area (TPSA) is 73.2 Å². The molecule has 1 aromatic heterocycles. The molecule has 1 amide bonds. The van der Waals surface area contributed by atoms with E-state index in [0.717, 1.165) is 34.2 Å². The highest BCUT2D eigenvalue weighted by Gasteiger charge is 2.23.